The van der Waals surface area contributed by atoms with Crippen molar-refractivity contribution in [3.63, 3.8) is 0 Å². The van der Waals surface area contributed by atoms with E-state index < -0.39 is 16.6 Å². The minimum absolute atomic E-state index is 0.214. The van der Waals surface area contributed by atoms with Crippen molar-refractivity contribution in [2.24, 2.45) is 22.7 Å². The Morgan fingerprint density at radius 2 is 0.745 bits per heavy atom. The molecule has 0 spiro atoms. The van der Waals surface area contributed by atoms with Crippen LogP contribution in [0.15, 0.2) is 22.5 Å². The van der Waals surface area contributed by atoms with Gasteiger partial charge in [0, 0.05) is 0 Å². The Labute approximate surface area is 325 Å². The molecule has 2 aliphatic carbocycles. The van der Waals surface area contributed by atoms with Crippen LogP contribution in [0.5, 0.6) is 0 Å². The van der Waals surface area contributed by atoms with Crippen LogP contribution >= 0.6 is 0 Å². The van der Waals surface area contributed by atoms with Crippen molar-refractivity contribution in [2.45, 2.75) is 260 Å². The molecule has 1 nitrogen and oxygen atoms in total. The molecule has 0 N–H and O–H groups in total. The average Bonchev–Trinajstić information content (AvgIpc) is 3.09. The molecule has 2 aliphatic rings. The van der Waals surface area contributed by atoms with Crippen LogP contribution in [0.25, 0.3) is 0 Å². The molecule has 2 rings (SSSR count). The predicted octanol–water partition coefficient (Wildman–Crippen LogP) is 17.4. The summed E-state index contributed by atoms with van der Waals surface area (Å²) in [6.45, 7) is 30.8. The van der Waals surface area contributed by atoms with Gasteiger partial charge in [-0.3, -0.25) is 0 Å². The lowest BCUT2D eigenvalue weighted by atomic mass is 9.93. The summed E-state index contributed by atoms with van der Waals surface area (Å²) in [5, 5.41) is 3.65. The summed E-state index contributed by atoms with van der Waals surface area (Å²) < 4.78 is 8.80. The van der Waals surface area contributed by atoms with Gasteiger partial charge in [-0.15, -0.1) is 0 Å². The fourth-order valence-corrected chi connectivity index (χ4v) is 24.5. The molecule has 51 heavy (non-hydrogen) atoms. The van der Waals surface area contributed by atoms with Gasteiger partial charge in [-0.1, -0.05) is 221 Å². The summed E-state index contributed by atoms with van der Waals surface area (Å²) in [4.78, 5) is 0. The second-order valence-electron chi connectivity index (χ2n) is 20.3. The molecular formula is C48H94OSi2. The number of rotatable bonds is 8. The third-order valence-electron chi connectivity index (χ3n) is 14.2. The highest BCUT2D eigenvalue weighted by molar-refractivity contribution is 6.95. The van der Waals surface area contributed by atoms with Crippen LogP contribution in [0.1, 0.15) is 237 Å². The molecule has 6 atom stereocenters. The molecule has 0 saturated heterocycles. The van der Waals surface area contributed by atoms with Gasteiger partial charge in [0.15, 0.2) is 0 Å². The summed E-state index contributed by atoms with van der Waals surface area (Å²) in [6, 6.07) is 2.44. The summed E-state index contributed by atoms with van der Waals surface area (Å²) in [5.74, 6) is 1.30. The maximum absolute atomic E-state index is 8.80. The highest BCUT2D eigenvalue weighted by Gasteiger charge is 2.56. The molecule has 0 saturated carbocycles. The average molecular weight is 743 g/mol. The highest BCUT2D eigenvalue weighted by atomic mass is 28.4. The van der Waals surface area contributed by atoms with Crippen LogP contribution in [-0.2, 0) is 4.12 Å². The van der Waals surface area contributed by atoms with Crippen molar-refractivity contribution < 1.29 is 4.12 Å². The van der Waals surface area contributed by atoms with E-state index in [1.54, 1.807) is 0 Å². The second-order valence-corrected chi connectivity index (χ2v) is 29.1. The number of allylic oxidation sites excluding steroid dienone is 4. The molecule has 3 heteroatoms. The summed E-state index contributed by atoms with van der Waals surface area (Å²) >= 11 is 0. The summed E-state index contributed by atoms with van der Waals surface area (Å²) in [5.41, 5.74) is 1.57. The van der Waals surface area contributed by atoms with Crippen molar-refractivity contribution in [2.75, 3.05) is 0 Å². The third kappa shape index (κ3) is 15.5. The van der Waals surface area contributed by atoms with Gasteiger partial charge in [0.1, 0.15) is 0 Å². The van der Waals surface area contributed by atoms with Crippen LogP contribution in [0.3, 0.4) is 0 Å². The van der Waals surface area contributed by atoms with Crippen LogP contribution in [0, 0.1) is 22.7 Å². The molecule has 0 aliphatic heterocycles. The van der Waals surface area contributed by atoms with Gasteiger partial charge in [0.25, 0.3) is 0 Å². The van der Waals surface area contributed by atoms with Crippen molar-refractivity contribution >= 4 is 16.6 Å². The first kappa shape index (κ1) is 47.0. The lowest BCUT2D eigenvalue weighted by Gasteiger charge is -2.54. The normalized spacial score (nSPS) is 28.8. The standard InChI is InChI=1S/C48H94OSi2/c1-13-50(43(5)47(7,8)9,45-37-33-29-25-21-17-15-19-23-27-31-35-41(3)39-45)49-51(14-2,44(6)48(10,11)12)46-38-34-30-26-22-18-16-20-24-28-32-36-42(4)40-46/h39-44H,13-38H2,1-12H3/b45-39+,46-40+. The Kier molecular flexibility index (Phi) is 21.9. The van der Waals surface area contributed by atoms with E-state index in [0.29, 0.717) is 22.9 Å². The van der Waals surface area contributed by atoms with Crippen LogP contribution in [0.2, 0.25) is 23.2 Å². The zero-order chi connectivity index (χ0) is 38.0. The van der Waals surface area contributed by atoms with Crippen LogP contribution < -0.4 is 0 Å². The first-order valence-electron chi connectivity index (χ1n) is 23.3. The Morgan fingerprint density at radius 1 is 0.490 bits per heavy atom. The van der Waals surface area contributed by atoms with E-state index in [9.17, 15) is 0 Å². The first-order chi connectivity index (χ1) is 24.1. The zero-order valence-corrected chi connectivity index (χ0v) is 39.3. The maximum atomic E-state index is 8.80. The maximum Gasteiger partial charge on any atom is 0.211 e. The fraction of sp³-hybridized carbons (Fsp3) is 0.917. The van der Waals surface area contributed by atoms with E-state index >= 15 is 0 Å². The van der Waals surface area contributed by atoms with Crippen LogP contribution in [-0.4, -0.2) is 16.6 Å². The third-order valence-corrected chi connectivity index (χ3v) is 26.7. The van der Waals surface area contributed by atoms with Crippen molar-refractivity contribution in [1.29, 1.82) is 0 Å². The van der Waals surface area contributed by atoms with E-state index in [-0.39, 0.29) is 10.8 Å². The molecule has 0 fully saturated rings. The Bertz CT molecular complexity index is 906. The zero-order valence-electron chi connectivity index (χ0n) is 37.3. The van der Waals surface area contributed by atoms with Crippen molar-refractivity contribution in [3.8, 4) is 0 Å². The lowest BCUT2D eigenvalue weighted by Crippen LogP contribution is -2.61. The molecule has 0 heterocycles. The van der Waals surface area contributed by atoms with Gasteiger partial charge in [-0.2, -0.15) is 0 Å². The lowest BCUT2D eigenvalue weighted by molar-refractivity contribution is 0.326. The van der Waals surface area contributed by atoms with Gasteiger partial charge in [0.05, 0.1) is 0 Å². The van der Waals surface area contributed by atoms with E-state index in [2.05, 4.69) is 95.2 Å². The van der Waals surface area contributed by atoms with Crippen molar-refractivity contribution in [3.05, 3.63) is 22.5 Å². The molecular weight excluding hydrogens is 649 g/mol. The largest absolute Gasteiger partial charge is 0.448 e. The van der Waals surface area contributed by atoms with Crippen molar-refractivity contribution in [1.82, 2.24) is 0 Å². The molecule has 6 unspecified atom stereocenters. The van der Waals surface area contributed by atoms with E-state index in [0.717, 1.165) is 0 Å². The minimum Gasteiger partial charge on any atom is -0.448 e. The van der Waals surface area contributed by atoms with E-state index in [1.165, 1.54) is 166 Å². The molecule has 300 valence electrons. The molecule has 0 bridgehead atoms. The number of hydrogen-bond donors (Lipinski definition) is 0. The second kappa shape index (κ2) is 23.7. The van der Waals surface area contributed by atoms with Gasteiger partial charge < -0.3 is 4.12 Å². The minimum atomic E-state index is -2.42. The Balaban J connectivity index is 2.82. The molecule has 0 aromatic carbocycles. The quantitative estimate of drug-likeness (QED) is 0.225. The number of hydrogen-bond acceptors (Lipinski definition) is 1. The molecule has 0 amide bonds. The molecule has 0 radical (unpaired) electrons. The van der Waals surface area contributed by atoms with Gasteiger partial charge >= 0.3 is 0 Å². The summed E-state index contributed by atoms with van der Waals surface area (Å²) in [7, 11) is -4.83. The van der Waals surface area contributed by atoms with Gasteiger partial charge in [-0.05, 0) is 84.4 Å². The Hall–Kier alpha value is -0.126. The topological polar surface area (TPSA) is 9.23 Å². The molecule has 0 aromatic rings. The monoisotopic (exact) mass is 743 g/mol. The highest BCUT2D eigenvalue weighted by Crippen LogP contribution is 2.54. The van der Waals surface area contributed by atoms with Gasteiger partial charge in [0.2, 0.25) is 16.6 Å². The molecule has 0 aromatic heterocycles. The predicted molar refractivity (Wildman–Crippen MR) is 237 cm³/mol. The van der Waals surface area contributed by atoms with E-state index in [4.69, 9.17) is 4.12 Å². The Morgan fingerprint density at radius 3 is 1.00 bits per heavy atom. The van der Waals surface area contributed by atoms with Crippen LogP contribution in [0.4, 0.5) is 0 Å². The SMILES string of the molecule is CC[Si](O[Si](CC)(/C1=C/C(C)CCCCCCCCCCCC1)C(C)C(C)(C)C)(/C1=C/C(C)CCCCCCCCCCCC1)C(C)C(C)(C)C. The fourth-order valence-electron chi connectivity index (χ4n) is 9.92. The smallest absolute Gasteiger partial charge is 0.211 e. The first-order valence-corrected chi connectivity index (χ1v) is 27.6. The van der Waals surface area contributed by atoms with E-state index in [1.807, 2.05) is 10.4 Å². The summed E-state index contributed by atoms with van der Waals surface area (Å²) in [6.07, 6.45) is 39.3. The van der Waals surface area contributed by atoms with Gasteiger partial charge in [-0.25, -0.2) is 0 Å².